The Morgan fingerprint density at radius 3 is 3.09 bits per heavy atom. The van der Waals surface area contributed by atoms with E-state index >= 15 is 0 Å². The van der Waals surface area contributed by atoms with Crippen LogP contribution >= 0.6 is 0 Å². The average Bonchev–Trinajstić information content (AvgIpc) is 3.28. The zero-order chi connectivity index (χ0) is 15.9. The van der Waals surface area contributed by atoms with E-state index in [1.807, 2.05) is 6.20 Å². The van der Waals surface area contributed by atoms with Crippen LogP contribution in [0.25, 0.3) is 0 Å². The average molecular weight is 316 g/mol. The Balaban J connectivity index is 1.55. The van der Waals surface area contributed by atoms with Crippen molar-refractivity contribution in [2.45, 2.75) is 45.1 Å². The molecule has 1 saturated heterocycles. The minimum Gasteiger partial charge on any atom is -0.376 e. The second kappa shape index (κ2) is 6.02. The summed E-state index contributed by atoms with van der Waals surface area (Å²) < 4.78 is 5.91. The molecule has 3 heterocycles. The Morgan fingerprint density at radius 1 is 1.43 bits per heavy atom. The SMILES string of the molecule is CC(C)CN1CC[C@]2(COCc3cnc(NCC4CC4)nc32)C1. The fourth-order valence-electron chi connectivity index (χ4n) is 3.98. The Hall–Kier alpha value is -1.20. The smallest absolute Gasteiger partial charge is 0.222 e. The third kappa shape index (κ3) is 3.22. The fourth-order valence-corrected chi connectivity index (χ4v) is 3.98. The Labute approximate surface area is 138 Å². The van der Waals surface area contributed by atoms with Gasteiger partial charge in [0.2, 0.25) is 5.95 Å². The highest BCUT2D eigenvalue weighted by Gasteiger charge is 2.44. The standard InChI is InChI=1S/C18H28N4O/c1-13(2)9-22-6-5-18(11-22)12-23-10-15-8-20-17(21-16(15)18)19-7-14-3-4-14/h8,13-14H,3-7,9-12H2,1-2H3,(H,19,20,21)/t18-/m1/s1. The predicted octanol–water partition coefficient (Wildman–Crippen LogP) is 2.43. The number of likely N-dealkylation sites (tertiary alicyclic amines) is 1. The summed E-state index contributed by atoms with van der Waals surface area (Å²) >= 11 is 0. The number of fused-ring (bicyclic) bond motifs is 2. The van der Waals surface area contributed by atoms with Crippen LogP contribution in [0.2, 0.25) is 0 Å². The van der Waals surface area contributed by atoms with Crippen molar-refractivity contribution in [2.75, 3.05) is 38.1 Å². The molecule has 1 aromatic heterocycles. The lowest BCUT2D eigenvalue weighted by Crippen LogP contribution is -2.41. The lowest BCUT2D eigenvalue weighted by Gasteiger charge is -2.34. The monoisotopic (exact) mass is 316 g/mol. The molecule has 2 fully saturated rings. The summed E-state index contributed by atoms with van der Waals surface area (Å²) in [6, 6.07) is 0. The van der Waals surface area contributed by atoms with E-state index in [4.69, 9.17) is 9.72 Å². The zero-order valence-electron chi connectivity index (χ0n) is 14.3. The summed E-state index contributed by atoms with van der Waals surface area (Å²) in [5.41, 5.74) is 2.49. The van der Waals surface area contributed by atoms with E-state index in [9.17, 15) is 0 Å². The van der Waals surface area contributed by atoms with Gasteiger partial charge in [0.1, 0.15) is 0 Å². The van der Waals surface area contributed by atoms with Gasteiger partial charge in [0.25, 0.3) is 0 Å². The lowest BCUT2D eigenvalue weighted by atomic mass is 9.80. The number of nitrogens with zero attached hydrogens (tertiary/aromatic N) is 3. The predicted molar refractivity (Wildman–Crippen MR) is 90.5 cm³/mol. The van der Waals surface area contributed by atoms with Gasteiger partial charge in [-0.05, 0) is 37.6 Å². The molecular formula is C18H28N4O. The van der Waals surface area contributed by atoms with Crippen LogP contribution in [0.3, 0.4) is 0 Å². The van der Waals surface area contributed by atoms with Gasteiger partial charge in [0, 0.05) is 31.4 Å². The van der Waals surface area contributed by atoms with Gasteiger partial charge in [-0.2, -0.15) is 0 Å². The van der Waals surface area contributed by atoms with Gasteiger partial charge >= 0.3 is 0 Å². The molecule has 0 unspecified atom stereocenters. The molecule has 0 bridgehead atoms. The van der Waals surface area contributed by atoms with Crippen LogP contribution in [-0.4, -0.2) is 47.7 Å². The maximum absolute atomic E-state index is 5.91. The zero-order valence-corrected chi connectivity index (χ0v) is 14.3. The van der Waals surface area contributed by atoms with Crippen molar-refractivity contribution in [1.29, 1.82) is 0 Å². The summed E-state index contributed by atoms with van der Waals surface area (Å²) in [5, 5.41) is 3.43. The van der Waals surface area contributed by atoms with Crippen LogP contribution in [0.1, 0.15) is 44.4 Å². The van der Waals surface area contributed by atoms with Gasteiger partial charge in [-0.3, -0.25) is 0 Å². The summed E-state index contributed by atoms with van der Waals surface area (Å²) in [5.74, 6) is 2.34. The van der Waals surface area contributed by atoms with Crippen molar-refractivity contribution in [3.05, 3.63) is 17.5 Å². The first-order chi connectivity index (χ1) is 11.1. The normalized spacial score (nSPS) is 27.6. The number of hydrogen-bond acceptors (Lipinski definition) is 5. The summed E-state index contributed by atoms with van der Waals surface area (Å²) in [4.78, 5) is 12.0. The first-order valence-corrected chi connectivity index (χ1v) is 9.05. The second-order valence-corrected chi connectivity index (χ2v) is 8.04. The van der Waals surface area contributed by atoms with Crippen LogP contribution in [0.5, 0.6) is 0 Å². The summed E-state index contributed by atoms with van der Waals surface area (Å²) in [6.07, 6.45) is 5.81. The quantitative estimate of drug-likeness (QED) is 0.904. The van der Waals surface area contributed by atoms with Gasteiger partial charge in [-0.1, -0.05) is 13.8 Å². The number of anilines is 1. The van der Waals surface area contributed by atoms with Gasteiger partial charge in [0.05, 0.1) is 24.3 Å². The van der Waals surface area contributed by atoms with E-state index in [2.05, 4.69) is 29.0 Å². The largest absolute Gasteiger partial charge is 0.376 e. The number of hydrogen-bond donors (Lipinski definition) is 1. The second-order valence-electron chi connectivity index (χ2n) is 8.04. The van der Waals surface area contributed by atoms with Crippen LogP contribution in [0.15, 0.2) is 6.20 Å². The third-order valence-electron chi connectivity index (χ3n) is 5.30. The molecule has 1 spiro atoms. The highest BCUT2D eigenvalue weighted by atomic mass is 16.5. The Bertz CT molecular complexity index is 572. The highest BCUT2D eigenvalue weighted by molar-refractivity contribution is 5.36. The Morgan fingerprint density at radius 2 is 2.30 bits per heavy atom. The number of nitrogens with one attached hydrogen (secondary N) is 1. The van der Waals surface area contributed by atoms with Crippen molar-refractivity contribution in [1.82, 2.24) is 14.9 Å². The van der Waals surface area contributed by atoms with Crippen molar-refractivity contribution in [2.24, 2.45) is 11.8 Å². The molecule has 5 heteroatoms. The van der Waals surface area contributed by atoms with Crippen molar-refractivity contribution < 1.29 is 4.74 Å². The number of ether oxygens (including phenoxy) is 1. The molecule has 0 aromatic carbocycles. The molecule has 5 nitrogen and oxygen atoms in total. The van der Waals surface area contributed by atoms with Crippen molar-refractivity contribution >= 4 is 5.95 Å². The molecule has 1 aliphatic carbocycles. The topological polar surface area (TPSA) is 50.3 Å². The van der Waals surface area contributed by atoms with E-state index < -0.39 is 0 Å². The van der Waals surface area contributed by atoms with Gasteiger partial charge in [0.15, 0.2) is 0 Å². The van der Waals surface area contributed by atoms with E-state index in [0.29, 0.717) is 12.5 Å². The van der Waals surface area contributed by atoms with Gasteiger partial charge < -0.3 is 15.0 Å². The van der Waals surface area contributed by atoms with Crippen molar-refractivity contribution in [3.8, 4) is 0 Å². The molecule has 1 N–H and O–H groups in total. The fraction of sp³-hybridized carbons (Fsp3) is 0.778. The van der Waals surface area contributed by atoms with Crippen LogP contribution in [0, 0.1) is 11.8 Å². The molecule has 4 rings (SSSR count). The lowest BCUT2D eigenvalue weighted by molar-refractivity contribution is 0.0501. The van der Waals surface area contributed by atoms with Gasteiger partial charge in [-0.15, -0.1) is 0 Å². The number of rotatable bonds is 5. The van der Waals surface area contributed by atoms with E-state index in [1.54, 1.807) is 0 Å². The maximum atomic E-state index is 5.91. The third-order valence-corrected chi connectivity index (χ3v) is 5.30. The molecule has 1 saturated carbocycles. The molecule has 2 aliphatic heterocycles. The van der Waals surface area contributed by atoms with Crippen LogP contribution < -0.4 is 5.32 Å². The molecule has 1 aromatic rings. The summed E-state index contributed by atoms with van der Waals surface area (Å²) in [6.45, 7) is 10.4. The minimum atomic E-state index is 0.0709. The molecule has 0 amide bonds. The van der Waals surface area contributed by atoms with Gasteiger partial charge in [-0.25, -0.2) is 9.97 Å². The van der Waals surface area contributed by atoms with Crippen LogP contribution in [0.4, 0.5) is 5.95 Å². The maximum Gasteiger partial charge on any atom is 0.222 e. The van der Waals surface area contributed by atoms with E-state index in [-0.39, 0.29) is 5.41 Å². The van der Waals surface area contributed by atoms with E-state index in [1.165, 1.54) is 24.1 Å². The first-order valence-electron chi connectivity index (χ1n) is 9.05. The van der Waals surface area contributed by atoms with E-state index in [0.717, 1.165) is 51.1 Å². The Kier molecular flexibility index (Phi) is 4.01. The highest BCUT2D eigenvalue weighted by Crippen LogP contribution is 2.39. The minimum absolute atomic E-state index is 0.0709. The summed E-state index contributed by atoms with van der Waals surface area (Å²) in [7, 11) is 0. The number of aromatic nitrogens is 2. The molecular weight excluding hydrogens is 288 g/mol. The molecule has 126 valence electrons. The molecule has 1 atom stereocenters. The molecule has 23 heavy (non-hydrogen) atoms. The molecule has 3 aliphatic rings. The molecule has 0 radical (unpaired) electrons. The first kappa shape index (κ1) is 15.3. The van der Waals surface area contributed by atoms with Crippen LogP contribution in [-0.2, 0) is 16.8 Å². The van der Waals surface area contributed by atoms with Crippen molar-refractivity contribution in [3.63, 3.8) is 0 Å².